The van der Waals surface area contributed by atoms with Crippen molar-refractivity contribution in [2.24, 2.45) is 0 Å². The van der Waals surface area contributed by atoms with Crippen LogP contribution in [0.2, 0.25) is 5.02 Å². The maximum absolute atomic E-state index is 12.0. The molecular formula is C15H18ClN5O. The van der Waals surface area contributed by atoms with E-state index >= 15 is 0 Å². The Morgan fingerprint density at radius 1 is 1.36 bits per heavy atom. The van der Waals surface area contributed by atoms with Crippen molar-refractivity contribution in [3.63, 3.8) is 0 Å². The van der Waals surface area contributed by atoms with Crippen LogP contribution in [0.1, 0.15) is 24.3 Å². The van der Waals surface area contributed by atoms with Gasteiger partial charge >= 0.3 is 0 Å². The largest absolute Gasteiger partial charge is 0.310 e. The summed E-state index contributed by atoms with van der Waals surface area (Å²) in [6, 6.07) is 3.41. The van der Waals surface area contributed by atoms with Gasteiger partial charge in [-0.25, -0.2) is 4.98 Å². The van der Waals surface area contributed by atoms with Gasteiger partial charge in [-0.3, -0.25) is 14.8 Å². The summed E-state index contributed by atoms with van der Waals surface area (Å²) in [5, 5.41) is 10.2. The molecule has 3 rings (SSSR count). The Bertz CT molecular complexity index is 605. The van der Waals surface area contributed by atoms with Crippen molar-refractivity contribution >= 4 is 23.3 Å². The Morgan fingerprint density at radius 3 is 2.82 bits per heavy atom. The van der Waals surface area contributed by atoms with Crippen molar-refractivity contribution in [2.45, 2.75) is 18.8 Å². The number of aromatic nitrogens is 3. The minimum Gasteiger partial charge on any atom is -0.310 e. The van der Waals surface area contributed by atoms with E-state index in [-0.39, 0.29) is 5.91 Å². The van der Waals surface area contributed by atoms with Gasteiger partial charge in [0.25, 0.3) is 0 Å². The van der Waals surface area contributed by atoms with E-state index in [0.29, 0.717) is 23.3 Å². The van der Waals surface area contributed by atoms with Gasteiger partial charge in [0.2, 0.25) is 5.91 Å². The third kappa shape index (κ3) is 3.84. The Balaban J connectivity index is 1.46. The standard InChI is InChI=1S/C15H18ClN5O/c16-13-1-2-14(17-9-13)20-15(22)10-21-5-3-11(4-6-21)12-7-18-19-8-12/h1-2,7-9,11H,3-6,10H2,(H,18,19)(H,17,20,22). The number of H-pyrrole nitrogens is 1. The highest BCUT2D eigenvalue weighted by Crippen LogP contribution is 2.26. The lowest BCUT2D eigenvalue weighted by Crippen LogP contribution is -2.38. The SMILES string of the molecule is O=C(CN1CCC(c2cn[nH]c2)CC1)Nc1ccc(Cl)cn1. The normalized spacial score (nSPS) is 16.6. The second kappa shape index (κ2) is 6.89. The molecule has 0 saturated carbocycles. The van der Waals surface area contributed by atoms with Crippen LogP contribution in [0.25, 0.3) is 0 Å². The number of aromatic amines is 1. The Morgan fingerprint density at radius 2 is 2.18 bits per heavy atom. The van der Waals surface area contributed by atoms with Crippen LogP contribution in [0.4, 0.5) is 5.82 Å². The Hall–Kier alpha value is -1.92. The molecular weight excluding hydrogens is 302 g/mol. The molecule has 1 aliphatic heterocycles. The molecule has 0 spiro atoms. The molecule has 1 saturated heterocycles. The minimum absolute atomic E-state index is 0.0448. The quantitative estimate of drug-likeness (QED) is 0.906. The molecule has 116 valence electrons. The number of anilines is 1. The number of rotatable bonds is 4. The topological polar surface area (TPSA) is 73.9 Å². The second-order valence-corrected chi connectivity index (χ2v) is 5.93. The highest BCUT2D eigenvalue weighted by molar-refractivity contribution is 6.30. The average Bonchev–Trinajstić information content (AvgIpc) is 3.05. The van der Waals surface area contributed by atoms with Crippen LogP contribution in [0.15, 0.2) is 30.7 Å². The van der Waals surface area contributed by atoms with Gasteiger partial charge in [0, 0.05) is 12.4 Å². The molecule has 6 nitrogen and oxygen atoms in total. The number of hydrogen-bond donors (Lipinski definition) is 2. The molecule has 0 radical (unpaired) electrons. The fraction of sp³-hybridized carbons (Fsp3) is 0.400. The molecule has 1 aliphatic rings. The number of carbonyl (C=O) groups is 1. The van der Waals surface area contributed by atoms with Gasteiger partial charge in [0.1, 0.15) is 5.82 Å². The molecule has 2 aromatic heterocycles. The van der Waals surface area contributed by atoms with E-state index in [1.807, 2.05) is 12.4 Å². The summed E-state index contributed by atoms with van der Waals surface area (Å²) in [4.78, 5) is 18.3. The molecule has 2 N–H and O–H groups in total. The Labute approximate surface area is 133 Å². The van der Waals surface area contributed by atoms with E-state index in [1.54, 1.807) is 12.1 Å². The summed E-state index contributed by atoms with van der Waals surface area (Å²) in [6.07, 6.45) is 7.46. The van der Waals surface area contributed by atoms with Gasteiger partial charge in [-0.15, -0.1) is 0 Å². The fourth-order valence-electron chi connectivity index (χ4n) is 2.74. The van der Waals surface area contributed by atoms with Gasteiger partial charge in [-0.2, -0.15) is 5.10 Å². The number of halogens is 1. The van der Waals surface area contributed by atoms with Crippen LogP contribution < -0.4 is 5.32 Å². The zero-order valence-corrected chi connectivity index (χ0v) is 12.9. The molecule has 7 heteroatoms. The van der Waals surface area contributed by atoms with Crippen LogP contribution in [0.3, 0.4) is 0 Å². The molecule has 0 unspecified atom stereocenters. The van der Waals surface area contributed by atoms with E-state index in [4.69, 9.17) is 11.6 Å². The monoisotopic (exact) mass is 319 g/mol. The first-order chi connectivity index (χ1) is 10.7. The molecule has 0 atom stereocenters. The predicted octanol–water partition coefficient (Wildman–Crippen LogP) is 2.28. The van der Waals surface area contributed by atoms with E-state index in [0.717, 1.165) is 25.9 Å². The lowest BCUT2D eigenvalue weighted by atomic mass is 9.91. The molecule has 0 aromatic carbocycles. The molecule has 0 aliphatic carbocycles. The molecule has 22 heavy (non-hydrogen) atoms. The summed E-state index contributed by atoms with van der Waals surface area (Å²) in [6.45, 7) is 2.22. The maximum atomic E-state index is 12.0. The second-order valence-electron chi connectivity index (χ2n) is 5.49. The van der Waals surface area contributed by atoms with E-state index in [1.165, 1.54) is 11.8 Å². The number of hydrogen-bond acceptors (Lipinski definition) is 4. The number of likely N-dealkylation sites (tertiary alicyclic amines) is 1. The number of nitrogens with one attached hydrogen (secondary N) is 2. The van der Waals surface area contributed by atoms with Gasteiger partial charge in [0.05, 0.1) is 17.8 Å². The number of piperidine rings is 1. The summed E-state index contributed by atoms with van der Waals surface area (Å²) in [5.41, 5.74) is 1.26. The minimum atomic E-state index is -0.0448. The zero-order valence-electron chi connectivity index (χ0n) is 12.1. The van der Waals surface area contributed by atoms with E-state index in [2.05, 4.69) is 25.4 Å². The average molecular weight is 320 g/mol. The molecule has 1 amide bonds. The predicted molar refractivity (Wildman–Crippen MR) is 84.9 cm³/mol. The summed E-state index contributed by atoms with van der Waals surface area (Å²) in [5.74, 6) is 1.02. The zero-order chi connectivity index (χ0) is 15.4. The molecule has 2 aromatic rings. The van der Waals surface area contributed by atoms with Crippen molar-refractivity contribution in [1.29, 1.82) is 0 Å². The summed E-state index contributed by atoms with van der Waals surface area (Å²) >= 11 is 5.77. The van der Waals surface area contributed by atoms with Crippen LogP contribution in [0, 0.1) is 0 Å². The Kier molecular flexibility index (Phi) is 4.70. The molecule has 3 heterocycles. The number of nitrogens with zero attached hydrogens (tertiary/aromatic N) is 3. The van der Waals surface area contributed by atoms with Crippen LogP contribution in [0.5, 0.6) is 0 Å². The van der Waals surface area contributed by atoms with Crippen molar-refractivity contribution in [2.75, 3.05) is 25.0 Å². The highest BCUT2D eigenvalue weighted by Gasteiger charge is 2.22. The number of pyridine rings is 1. The number of carbonyl (C=O) groups excluding carboxylic acids is 1. The van der Waals surface area contributed by atoms with Crippen molar-refractivity contribution in [1.82, 2.24) is 20.1 Å². The van der Waals surface area contributed by atoms with E-state index in [9.17, 15) is 4.79 Å². The fourth-order valence-corrected chi connectivity index (χ4v) is 2.86. The lowest BCUT2D eigenvalue weighted by Gasteiger charge is -2.30. The number of amides is 1. The van der Waals surface area contributed by atoms with Gasteiger partial charge < -0.3 is 5.32 Å². The highest BCUT2D eigenvalue weighted by atomic mass is 35.5. The van der Waals surface area contributed by atoms with Crippen molar-refractivity contribution in [3.05, 3.63) is 41.3 Å². The molecule has 0 bridgehead atoms. The van der Waals surface area contributed by atoms with Gasteiger partial charge in [0.15, 0.2) is 0 Å². The third-order valence-corrected chi connectivity index (χ3v) is 4.16. The van der Waals surface area contributed by atoms with Gasteiger partial charge in [-0.1, -0.05) is 11.6 Å². The molecule has 1 fully saturated rings. The first-order valence-corrected chi connectivity index (χ1v) is 7.71. The first-order valence-electron chi connectivity index (χ1n) is 7.33. The lowest BCUT2D eigenvalue weighted by molar-refractivity contribution is -0.117. The van der Waals surface area contributed by atoms with Crippen molar-refractivity contribution < 1.29 is 4.79 Å². The van der Waals surface area contributed by atoms with Crippen LogP contribution in [-0.2, 0) is 4.79 Å². The van der Waals surface area contributed by atoms with Crippen molar-refractivity contribution in [3.8, 4) is 0 Å². The maximum Gasteiger partial charge on any atom is 0.239 e. The van der Waals surface area contributed by atoms with Gasteiger partial charge in [-0.05, 0) is 49.5 Å². The van der Waals surface area contributed by atoms with E-state index < -0.39 is 0 Å². The van der Waals surface area contributed by atoms with Crippen LogP contribution >= 0.6 is 11.6 Å². The smallest absolute Gasteiger partial charge is 0.239 e. The summed E-state index contributed by atoms with van der Waals surface area (Å²) < 4.78 is 0. The summed E-state index contributed by atoms with van der Waals surface area (Å²) in [7, 11) is 0. The van der Waals surface area contributed by atoms with Crippen LogP contribution in [-0.4, -0.2) is 45.6 Å². The first kappa shape index (κ1) is 15.0. The third-order valence-electron chi connectivity index (χ3n) is 3.94.